The minimum atomic E-state index is -4.44. The maximum absolute atomic E-state index is 12.7. The van der Waals surface area contributed by atoms with Crippen LogP contribution in [-0.4, -0.2) is 10.5 Å². The summed E-state index contributed by atoms with van der Waals surface area (Å²) in [6, 6.07) is 12.6. The molecule has 130 valence electrons. The number of nitrogens with one attached hydrogen (secondary N) is 1. The van der Waals surface area contributed by atoms with Crippen LogP contribution in [0.25, 0.3) is 10.9 Å². The Morgan fingerprint density at radius 3 is 2.64 bits per heavy atom. The summed E-state index contributed by atoms with van der Waals surface area (Å²) in [5.74, 6) is -0.378. The molecule has 1 aromatic heterocycles. The molecule has 0 unspecified atom stereocenters. The van der Waals surface area contributed by atoms with Crippen LogP contribution in [0.2, 0.25) is 0 Å². The molecule has 0 fully saturated rings. The summed E-state index contributed by atoms with van der Waals surface area (Å²) in [5.41, 5.74) is 1.46. The third kappa shape index (κ3) is 3.84. The van der Waals surface area contributed by atoms with Gasteiger partial charge < -0.3 is 9.88 Å². The van der Waals surface area contributed by atoms with E-state index in [-0.39, 0.29) is 18.1 Å². The van der Waals surface area contributed by atoms with Gasteiger partial charge in [0.25, 0.3) is 0 Å². The number of carbonyl (C=O) groups excluding carboxylic acids is 1. The molecule has 6 heteroatoms. The van der Waals surface area contributed by atoms with Gasteiger partial charge in [-0.1, -0.05) is 19.1 Å². The standard InChI is InChI=1S/C19H17F3N2O/c1-2-13-6-7-17-14(10-13)8-9-24(17)12-18(25)23-16-5-3-4-15(11-16)19(20,21)22/h3-11H,2,12H2,1H3,(H,23,25). The van der Waals surface area contributed by atoms with Crippen LogP contribution in [0.15, 0.2) is 54.7 Å². The summed E-state index contributed by atoms with van der Waals surface area (Å²) in [6.45, 7) is 2.10. The number of hydrogen-bond donors (Lipinski definition) is 1. The van der Waals surface area contributed by atoms with E-state index in [0.29, 0.717) is 0 Å². The SMILES string of the molecule is CCc1ccc2c(ccn2CC(=O)Nc2cccc(C(F)(F)F)c2)c1. The number of aromatic nitrogens is 1. The summed E-state index contributed by atoms with van der Waals surface area (Å²) in [4.78, 5) is 12.2. The van der Waals surface area contributed by atoms with Gasteiger partial charge in [-0.2, -0.15) is 13.2 Å². The monoisotopic (exact) mass is 346 g/mol. The van der Waals surface area contributed by atoms with Crippen molar-refractivity contribution in [3.05, 3.63) is 65.9 Å². The third-order valence-corrected chi connectivity index (χ3v) is 4.03. The number of benzene rings is 2. The van der Waals surface area contributed by atoms with Crippen molar-refractivity contribution in [2.75, 3.05) is 5.32 Å². The van der Waals surface area contributed by atoms with E-state index in [9.17, 15) is 18.0 Å². The van der Waals surface area contributed by atoms with Gasteiger partial charge in [-0.25, -0.2) is 0 Å². The first-order valence-electron chi connectivity index (χ1n) is 7.91. The lowest BCUT2D eigenvalue weighted by molar-refractivity contribution is -0.137. The average molecular weight is 346 g/mol. The lowest BCUT2D eigenvalue weighted by atomic mass is 10.1. The number of aryl methyl sites for hydroxylation is 1. The second kappa shape index (κ2) is 6.63. The van der Waals surface area contributed by atoms with E-state index in [1.54, 1.807) is 10.8 Å². The first-order valence-corrected chi connectivity index (χ1v) is 7.91. The lowest BCUT2D eigenvalue weighted by Crippen LogP contribution is -2.18. The molecule has 0 saturated heterocycles. The molecule has 1 N–H and O–H groups in total. The molecule has 0 radical (unpaired) electrons. The fourth-order valence-corrected chi connectivity index (χ4v) is 2.74. The number of anilines is 1. The van der Waals surface area contributed by atoms with Crippen molar-refractivity contribution < 1.29 is 18.0 Å². The highest BCUT2D eigenvalue weighted by molar-refractivity contribution is 5.92. The Kier molecular flexibility index (Phi) is 4.53. The number of fused-ring (bicyclic) bond motifs is 1. The highest BCUT2D eigenvalue weighted by atomic mass is 19.4. The molecule has 0 spiro atoms. The van der Waals surface area contributed by atoms with Gasteiger partial charge in [0.2, 0.25) is 5.91 Å². The first kappa shape index (κ1) is 17.1. The van der Waals surface area contributed by atoms with E-state index < -0.39 is 11.7 Å². The molecule has 3 nitrogen and oxygen atoms in total. The van der Waals surface area contributed by atoms with Crippen LogP contribution in [0, 0.1) is 0 Å². The predicted octanol–water partition coefficient (Wildman–Crippen LogP) is 4.86. The molecule has 0 bridgehead atoms. The van der Waals surface area contributed by atoms with Gasteiger partial charge in [-0.05, 0) is 53.8 Å². The molecule has 3 aromatic rings. The number of alkyl halides is 3. The van der Waals surface area contributed by atoms with Crippen LogP contribution in [0.5, 0.6) is 0 Å². The molecule has 3 rings (SSSR count). The molecular formula is C19H17F3N2O. The first-order chi connectivity index (χ1) is 11.9. The number of rotatable bonds is 4. The number of hydrogen-bond acceptors (Lipinski definition) is 1. The van der Waals surface area contributed by atoms with E-state index in [0.717, 1.165) is 29.5 Å². The molecule has 25 heavy (non-hydrogen) atoms. The lowest BCUT2D eigenvalue weighted by Gasteiger charge is -2.11. The second-order valence-electron chi connectivity index (χ2n) is 5.82. The Labute approximate surface area is 143 Å². The Bertz CT molecular complexity index is 912. The number of nitrogens with zero attached hydrogens (tertiary/aromatic N) is 1. The predicted molar refractivity (Wildman–Crippen MR) is 91.4 cm³/mol. The van der Waals surface area contributed by atoms with E-state index in [4.69, 9.17) is 0 Å². The van der Waals surface area contributed by atoms with Gasteiger partial charge in [0.15, 0.2) is 0 Å². The highest BCUT2D eigenvalue weighted by Gasteiger charge is 2.30. The van der Waals surface area contributed by atoms with Gasteiger partial charge in [0.1, 0.15) is 6.54 Å². The zero-order chi connectivity index (χ0) is 18.0. The maximum Gasteiger partial charge on any atom is 0.416 e. The zero-order valence-electron chi connectivity index (χ0n) is 13.6. The number of carbonyl (C=O) groups is 1. The summed E-state index contributed by atoms with van der Waals surface area (Å²) in [6.07, 6.45) is -1.71. The van der Waals surface area contributed by atoms with Crippen molar-refractivity contribution in [2.45, 2.75) is 26.1 Å². The molecule has 1 heterocycles. The Hall–Kier alpha value is -2.76. The van der Waals surface area contributed by atoms with Gasteiger partial charge >= 0.3 is 6.18 Å². The fraction of sp³-hybridized carbons (Fsp3) is 0.211. The minimum absolute atomic E-state index is 0.0330. The van der Waals surface area contributed by atoms with E-state index in [1.807, 2.05) is 18.2 Å². The third-order valence-electron chi connectivity index (χ3n) is 4.03. The average Bonchev–Trinajstić information content (AvgIpc) is 2.96. The van der Waals surface area contributed by atoms with Crippen molar-refractivity contribution in [3.63, 3.8) is 0 Å². The fourth-order valence-electron chi connectivity index (χ4n) is 2.74. The van der Waals surface area contributed by atoms with Crippen LogP contribution in [0.1, 0.15) is 18.1 Å². The van der Waals surface area contributed by atoms with E-state index in [2.05, 4.69) is 18.3 Å². The van der Waals surface area contributed by atoms with E-state index in [1.165, 1.54) is 17.7 Å². The second-order valence-corrected chi connectivity index (χ2v) is 5.82. The molecule has 2 aromatic carbocycles. The quantitative estimate of drug-likeness (QED) is 0.719. The Morgan fingerprint density at radius 1 is 1.12 bits per heavy atom. The molecule has 1 amide bonds. The molecule has 0 aliphatic heterocycles. The number of halogens is 3. The maximum atomic E-state index is 12.7. The molecule has 0 aliphatic rings. The van der Waals surface area contributed by atoms with E-state index >= 15 is 0 Å². The minimum Gasteiger partial charge on any atom is -0.338 e. The summed E-state index contributed by atoms with van der Waals surface area (Å²) < 4.78 is 40.0. The summed E-state index contributed by atoms with van der Waals surface area (Å²) in [5, 5.41) is 3.55. The van der Waals surface area contributed by atoms with Gasteiger partial charge in [-0.3, -0.25) is 4.79 Å². The van der Waals surface area contributed by atoms with Crippen molar-refractivity contribution in [1.82, 2.24) is 4.57 Å². The van der Waals surface area contributed by atoms with Gasteiger partial charge in [0, 0.05) is 17.4 Å². The van der Waals surface area contributed by atoms with Gasteiger partial charge in [0.05, 0.1) is 5.56 Å². The van der Waals surface area contributed by atoms with Crippen LogP contribution in [-0.2, 0) is 23.9 Å². The number of amides is 1. The largest absolute Gasteiger partial charge is 0.416 e. The molecule has 0 atom stereocenters. The highest BCUT2D eigenvalue weighted by Crippen LogP contribution is 2.30. The van der Waals surface area contributed by atoms with Crippen LogP contribution >= 0.6 is 0 Å². The van der Waals surface area contributed by atoms with Crippen LogP contribution in [0.3, 0.4) is 0 Å². The van der Waals surface area contributed by atoms with Crippen LogP contribution < -0.4 is 5.32 Å². The topological polar surface area (TPSA) is 34.0 Å². The van der Waals surface area contributed by atoms with Crippen molar-refractivity contribution in [2.24, 2.45) is 0 Å². The Balaban J connectivity index is 1.75. The summed E-state index contributed by atoms with van der Waals surface area (Å²) in [7, 11) is 0. The smallest absolute Gasteiger partial charge is 0.338 e. The summed E-state index contributed by atoms with van der Waals surface area (Å²) >= 11 is 0. The van der Waals surface area contributed by atoms with Crippen molar-refractivity contribution >= 4 is 22.5 Å². The van der Waals surface area contributed by atoms with Crippen molar-refractivity contribution in [1.29, 1.82) is 0 Å². The zero-order valence-corrected chi connectivity index (χ0v) is 13.6. The molecule has 0 aliphatic carbocycles. The van der Waals surface area contributed by atoms with Crippen molar-refractivity contribution in [3.8, 4) is 0 Å². The Morgan fingerprint density at radius 2 is 1.92 bits per heavy atom. The normalized spacial score (nSPS) is 11.7. The molecule has 0 saturated carbocycles. The molecular weight excluding hydrogens is 329 g/mol. The van der Waals surface area contributed by atoms with Gasteiger partial charge in [-0.15, -0.1) is 0 Å². The van der Waals surface area contributed by atoms with Crippen LogP contribution in [0.4, 0.5) is 18.9 Å².